The number of nitrogens with one attached hydrogen (secondary N) is 1. The molecular formula is C14H14F5NO. The minimum absolute atomic E-state index is 0.0319. The number of halogens is 5. The summed E-state index contributed by atoms with van der Waals surface area (Å²) < 4.78 is 64.5. The van der Waals surface area contributed by atoms with Crippen molar-refractivity contribution < 1.29 is 26.7 Å². The molecule has 116 valence electrons. The lowest BCUT2D eigenvalue weighted by Gasteiger charge is -2.31. The second-order valence-electron chi connectivity index (χ2n) is 5.18. The van der Waals surface area contributed by atoms with Crippen molar-refractivity contribution in [3.8, 4) is 0 Å². The highest BCUT2D eigenvalue weighted by atomic mass is 19.4. The van der Waals surface area contributed by atoms with Crippen molar-refractivity contribution in [3.05, 3.63) is 35.4 Å². The summed E-state index contributed by atoms with van der Waals surface area (Å²) in [7, 11) is 0. The Bertz CT molecular complexity index is 529. The van der Waals surface area contributed by atoms with Gasteiger partial charge in [-0.25, -0.2) is 8.78 Å². The normalized spacial score (nSPS) is 22.9. The molecule has 1 aliphatic rings. The van der Waals surface area contributed by atoms with E-state index >= 15 is 0 Å². The van der Waals surface area contributed by atoms with Crippen LogP contribution >= 0.6 is 0 Å². The van der Waals surface area contributed by atoms with E-state index in [1.54, 1.807) is 0 Å². The minimum Gasteiger partial charge on any atom is -0.349 e. The van der Waals surface area contributed by atoms with Crippen LogP contribution in [0.15, 0.2) is 18.2 Å². The van der Waals surface area contributed by atoms with Gasteiger partial charge in [0.1, 0.15) is 0 Å². The molecule has 0 saturated heterocycles. The van der Waals surface area contributed by atoms with E-state index in [1.165, 1.54) is 6.07 Å². The van der Waals surface area contributed by atoms with Crippen LogP contribution in [-0.4, -0.2) is 18.1 Å². The zero-order valence-corrected chi connectivity index (χ0v) is 11.0. The molecule has 0 aliphatic heterocycles. The Kier molecular flexibility index (Phi) is 4.49. The molecule has 1 aromatic rings. The van der Waals surface area contributed by atoms with Crippen LogP contribution in [0, 0.1) is 17.6 Å². The predicted octanol–water partition coefficient (Wildman–Crippen LogP) is 3.82. The highest BCUT2D eigenvalue weighted by molar-refractivity contribution is 5.94. The van der Waals surface area contributed by atoms with Crippen LogP contribution in [0.1, 0.15) is 36.0 Å². The van der Waals surface area contributed by atoms with E-state index in [1.807, 2.05) is 0 Å². The van der Waals surface area contributed by atoms with Crippen LogP contribution in [0.4, 0.5) is 22.0 Å². The predicted molar refractivity (Wildman–Crippen MR) is 65.6 cm³/mol. The van der Waals surface area contributed by atoms with Crippen LogP contribution in [0.25, 0.3) is 0 Å². The summed E-state index contributed by atoms with van der Waals surface area (Å²) in [5.41, 5.74) is -0.496. The molecule has 7 heteroatoms. The van der Waals surface area contributed by atoms with Gasteiger partial charge in [0, 0.05) is 6.04 Å². The van der Waals surface area contributed by atoms with Gasteiger partial charge in [-0.15, -0.1) is 0 Å². The molecule has 1 amide bonds. The number of amides is 1. The molecule has 0 radical (unpaired) electrons. The van der Waals surface area contributed by atoms with E-state index in [0.29, 0.717) is 12.8 Å². The number of carbonyl (C=O) groups excluding carboxylic acids is 1. The lowest BCUT2D eigenvalue weighted by atomic mass is 9.85. The fraction of sp³-hybridized carbons (Fsp3) is 0.500. The molecule has 2 unspecified atom stereocenters. The average Bonchev–Trinajstić information content (AvgIpc) is 2.41. The van der Waals surface area contributed by atoms with Gasteiger partial charge in [-0.2, -0.15) is 13.2 Å². The van der Waals surface area contributed by atoms with Crippen molar-refractivity contribution in [1.82, 2.24) is 5.32 Å². The van der Waals surface area contributed by atoms with Gasteiger partial charge in [0.2, 0.25) is 0 Å². The second kappa shape index (κ2) is 5.99. The first kappa shape index (κ1) is 15.7. The minimum atomic E-state index is -4.30. The third-order valence-corrected chi connectivity index (χ3v) is 3.67. The van der Waals surface area contributed by atoms with Gasteiger partial charge < -0.3 is 5.32 Å². The van der Waals surface area contributed by atoms with Crippen LogP contribution < -0.4 is 5.32 Å². The summed E-state index contributed by atoms with van der Waals surface area (Å²) in [5, 5.41) is 2.36. The Balaban J connectivity index is 2.04. The molecule has 0 heterocycles. The average molecular weight is 307 g/mol. The van der Waals surface area contributed by atoms with Gasteiger partial charge in [0.25, 0.3) is 5.91 Å². The maximum atomic E-state index is 13.5. The van der Waals surface area contributed by atoms with Gasteiger partial charge >= 0.3 is 6.18 Å². The summed E-state index contributed by atoms with van der Waals surface area (Å²) in [4.78, 5) is 11.8. The Hall–Kier alpha value is -1.66. The van der Waals surface area contributed by atoms with Crippen molar-refractivity contribution >= 4 is 5.91 Å². The Labute approximate surface area is 118 Å². The molecule has 21 heavy (non-hydrogen) atoms. The SMILES string of the molecule is O=C(NC1CCCC(C(F)(F)F)C1)c1cccc(F)c1F. The molecule has 1 aromatic carbocycles. The van der Waals surface area contributed by atoms with Gasteiger partial charge in [0.15, 0.2) is 11.6 Å². The van der Waals surface area contributed by atoms with Crippen LogP contribution in [-0.2, 0) is 0 Å². The monoisotopic (exact) mass is 307 g/mol. The molecule has 2 atom stereocenters. The quantitative estimate of drug-likeness (QED) is 0.827. The lowest BCUT2D eigenvalue weighted by Crippen LogP contribution is -2.41. The maximum absolute atomic E-state index is 13.5. The first-order valence-corrected chi connectivity index (χ1v) is 6.60. The van der Waals surface area contributed by atoms with E-state index in [4.69, 9.17) is 0 Å². The number of alkyl halides is 3. The first-order chi connectivity index (χ1) is 9.79. The van der Waals surface area contributed by atoms with Gasteiger partial charge in [0.05, 0.1) is 11.5 Å². The summed E-state index contributed by atoms with van der Waals surface area (Å²) in [6, 6.07) is 2.46. The largest absolute Gasteiger partial charge is 0.391 e. The van der Waals surface area contributed by atoms with Gasteiger partial charge in [-0.05, 0) is 31.4 Å². The van der Waals surface area contributed by atoms with Crippen molar-refractivity contribution in [2.24, 2.45) is 5.92 Å². The number of hydrogen-bond donors (Lipinski definition) is 1. The number of carbonyl (C=O) groups is 1. The molecular weight excluding hydrogens is 293 g/mol. The van der Waals surface area contributed by atoms with Crippen LogP contribution in [0.5, 0.6) is 0 Å². The molecule has 2 rings (SSSR count). The van der Waals surface area contributed by atoms with E-state index in [2.05, 4.69) is 5.32 Å². The number of benzene rings is 1. The fourth-order valence-corrected chi connectivity index (χ4v) is 2.56. The first-order valence-electron chi connectivity index (χ1n) is 6.60. The Morgan fingerprint density at radius 1 is 1.19 bits per heavy atom. The lowest BCUT2D eigenvalue weighted by molar-refractivity contribution is -0.183. The third-order valence-electron chi connectivity index (χ3n) is 3.67. The van der Waals surface area contributed by atoms with Crippen LogP contribution in [0.3, 0.4) is 0 Å². The highest BCUT2D eigenvalue weighted by Crippen LogP contribution is 2.37. The molecule has 1 saturated carbocycles. The fourth-order valence-electron chi connectivity index (χ4n) is 2.56. The summed E-state index contributed by atoms with van der Waals surface area (Å²) in [5.74, 6) is -4.81. The summed E-state index contributed by atoms with van der Waals surface area (Å²) in [6.45, 7) is 0. The zero-order chi connectivity index (χ0) is 15.6. The van der Waals surface area contributed by atoms with Crippen molar-refractivity contribution in [1.29, 1.82) is 0 Å². The maximum Gasteiger partial charge on any atom is 0.391 e. The molecule has 0 aromatic heterocycles. The molecule has 1 aliphatic carbocycles. The smallest absolute Gasteiger partial charge is 0.349 e. The number of hydrogen-bond acceptors (Lipinski definition) is 1. The molecule has 1 N–H and O–H groups in total. The van der Waals surface area contributed by atoms with E-state index in [0.717, 1.165) is 12.1 Å². The molecule has 0 bridgehead atoms. The van der Waals surface area contributed by atoms with Crippen molar-refractivity contribution in [2.75, 3.05) is 0 Å². The van der Waals surface area contributed by atoms with Gasteiger partial charge in [-0.1, -0.05) is 12.5 Å². The molecule has 1 fully saturated rings. The third kappa shape index (κ3) is 3.71. The van der Waals surface area contributed by atoms with Gasteiger partial charge in [-0.3, -0.25) is 4.79 Å². The topological polar surface area (TPSA) is 29.1 Å². The molecule has 0 spiro atoms. The second-order valence-corrected chi connectivity index (χ2v) is 5.18. The van der Waals surface area contributed by atoms with E-state index in [9.17, 15) is 26.7 Å². The zero-order valence-electron chi connectivity index (χ0n) is 11.0. The van der Waals surface area contributed by atoms with Crippen molar-refractivity contribution in [2.45, 2.75) is 37.9 Å². The summed E-state index contributed by atoms with van der Waals surface area (Å²) in [6.07, 6.45) is -3.76. The van der Waals surface area contributed by atoms with Crippen LogP contribution in [0.2, 0.25) is 0 Å². The Morgan fingerprint density at radius 3 is 2.57 bits per heavy atom. The van der Waals surface area contributed by atoms with E-state index in [-0.39, 0.29) is 12.8 Å². The highest BCUT2D eigenvalue weighted by Gasteiger charge is 2.42. The van der Waals surface area contributed by atoms with E-state index < -0.39 is 41.2 Å². The number of rotatable bonds is 2. The standard InChI is InChI=1S/C14H14F5NO/c15-11-6-2-5-10(12(11)16)13(21)20-9-4-1-3-8(7-9)14(17,18)19/h2,5-6,8-9H,1,3-4,7H2,(H,20,21). The molecule has 2 nitrogen and oxygen atoms in total. The van der Waals surface area contributed by atoms with Crippen molar-refractivity contribution in [3.63, 3.8) is 0 Å². The summed E-state index contributed by atoms with van der Waals surface area (Å²) >= 11 is 0. The Morgan fingerprint density at radius 2 is 1.90 bits per heavy atom.